The summed E-state index contributed by atoms with van der Waals surface area (Å²) in [5.74, 6) is 0.937. The summed E-state index contributed by atoms with van der Waals surface area (Å²) in [6, 6.07) is 13.6. The van der Waals surface area contributed by atoms with Crippen LogP contribution in [0.2, 0.25) is 0 Å². The van der Waals surface area contributed by atoms with E-state index >= 15 is 0 Å². The molecule has 0 atom stereocenters. The number of nitrogens with zero attached hydrogens (tertiary/aromatic N) is 2. The fraction of sp³-hybridized carbons (Fsp3) is 0.263. The molecule has 0 aliphatic rings. The second-order valence-electron chi connectivity index (χ2n) is 5.22. The van der Waals surface area contributed by atoms with E-state index in [-0.39, 0.29) is 11.5 Å². The van der Waals surface area contributed by atoms with Crippen LogP contribution in [0.3, 0.4) is 0 Å². The lowest BCUT2D eigenvalue weighted by Gasteiger charge is -2.17. The minimum Gasteiger partial charge on any atom is -0.457 e. The summed E-state index contributed by atoms with van der Waals surface area (Å²) in [5, 5.41) is 9.24. The number of carbonyl (C=O) groups excluding carboxylic acids is 1. The molecule has 23 heavy (non-hydrogen) atoms. The van der Waals surface area contributed by atoms with Crippen LogP contribution in [0.15, 0.2) is 46.4 Å². The molecule has 0 saturated heterocycles. The van der Waals surface area contributed by atoms with Crippen LogP contribution in [0.4, 0.5) is 0 Å². The van der Waals surface area contributed by atoms with Crippen LogP contribution in [0.5, 0.6) is 0 Å². The van der Waals surface area contributed by atoms with Crippen molar-refractivity contribution < 1.29 is 9.21 Å². The Kier molecular flexibility index (Phi) is 5.37. The highest BCUT2D eigenvalue weighted by atomic mass is 16.3. The van der Waals surface area contributed by atoms with Gasteiger partial charge in [0.15, 0.2) is 0 Å². The Bertz CT molecular complexity index is 744. The number of carbonyl (C=O) groups is 1. The van der Waals surface area contributed by atoms with Crippen molar-refractivity contribution in [2.75, 3.05) is 13.1 Å². The molecule has 2 aromatic rings. The van der Waals surface area contributed by atoms with Gasteiger partial charge in [-0.3, -0.25) is 4.79 Å². The first-order chi connectivity index (χ1) is 11.1. The van der Waals surface area contributed by atoms with Crippen LogP contribution < -0.4 is 0 Å². The van der Waals surface area contributed by atoms with Gasteiger partial charge in [0.2, 0.25) is 0 Å². The molecule has 4 nitrogen and oxygen atoms in total. The van der Waals surface area contributed by atoms with E-state index in [4.69, 9.17) is 4.42 Å². The molecular formula is C19H20N2O2. The number of aryl methyl sites for hydroxylation is 1. The van der Waals surface area contributed by atoms with E-state index in [0.717, 1.165) is 5.56 Å². The highest BCUT2D eigenvalue weighted by Gasteiger charge is 2.16. The van der Waals surface area contributed by atoms with Crippen LogP contribution in [0.1, 0.15) is 25.2 Å². The zero-order valence-corrected chi connectivity index (χ0v) is 13.7. The Morgan fingerprint density at radius 2 is 1.83 bits per heavy atom. The molecule has 0 radical (unpaired) electrons. The van der Waals surface area contributed by atoms with Crippen LogP contribution in [0, 0.1) is 18.3 Å². The van der Waals surface area contributed by atoms with Gasteiger partial charge in [0, 0.05) is 24.7 Å². The third-order valence-electron chi connectivity index (χ3n) is 3.65. The van der Waals surface area contributed by atoms with Gasteiger partial charge in [0.05, 0.1) is 0 Å². The summed E-state index contributed by atoms with van der Waals surface area (Å²) in [6.07, 6.45) is 1.50. The van der Waals surface area contributed by atoms with Gasteiger partial charge in [-0.2, -0.15) is 5.26 Å². The molecule has 118 valence electrons. The van der Waals surface area contributed by atoms with Crippen molar-refractivity contribution in [3.8, 4) is 17.4 Å². The molecule has 0 fully saturated rings. The minimum atomic E-state index is -0.272. The van der Waals surface area contributed by atoms with Gasteiger partial charge in [-0.05, 0) is 32.9 Å². The third kappa shape index (κ3) is 3.89. The summed E-state index contributed by atoms with van der Waals surface area (Å²) in [5.41, 5.74) is 2.22. The lowest BCUT2D eigenvalue weighted by molar-refractivity contribution is -0.126. The summed E-state index contributed by atoms with van der Waals surface area (Å²) in [6.45, 7) is 6.94. The Morgan fingerprint density at radius 3 is 2.39 bits per heavy atom. The van der Waals surface area contributed by atoms with Gasteiger partial charge in [-0.1, -0.05) is 29.8 Å². The van der Waals surface area contributed by atoms with Crippen molar-refractivity contribution in [1.29, 1.82) is 5.26 Å². The number of benzene rings is 1. The van der Waals surface area contributed by atoms with Gasteiger partial charge >= 0.3 is 0 Å². The molecule has 0 spiro atoms. The highest BCUT2D eigenvalue weighted by molar-refractivity contribution is 6.01. The third-order valence-corrected chi connectivity index (χ3v) is 3.65. The van der Waals surface area contributed by atoms with Crippen LogP contribution in [-0.2, 0) is 4.79 Å². The van der Waals surface area contributed by atoms with E-state index in [0.29, 0.717) is 24.6 Å². The van der Waals surface area contributed by atoms with Gasteiger partial charge in [-0.25, -0.2) is 0 Å². The van der Waals surface area contributed by atoms with E-state index in [1.165, 1.54) is 11.6 Å². The minimum absolute atomic E-state index is 0.0820. The average Bonchev–Trinajstić information content (AvgIpc) is 3.03. The van der Waals surface area contributed by atoms with E-state index in [1.807, 2.05) is 57.2 Å². The molecular weight excluding hydrogens is 288 g/mol. The first-order valence-electron chi connectivity index (χ1n) is 7.67. The van der Waals surface area contributed by atoms with Crippen molar-refractivity contribution in [2.24, 2.45) is 0 Å². The number of nitriles is 1. The second-order valence-corrected chi connectivity index (χ2v) is 5.22. The predicted octanol–water partition coefficient (Wildman–Crippen LogP) is 4.03. The fourth-order valence-corrected chi connectivity index (χ4v) is 2.27. The topological polar surface area (TPSA) is 57.2 Å². The first kappa shape index (κ1) is 16.6. The lowest BCUT2D eigenvalue weighted by atomic mass is 10.1. The smallest absolute Gasteiger partial charge is 0.264 e. The molecule has 0 bridgehead atoms. The summed E-state index contributed by atoms with van der Waals surface area (Å²) in [4.78, 5) is 13.9. The standard InChI is InChI=1S/C19H20N2O2/c1-4-21(5-2)19(22)16(13-20)12-17-10-11-18(23-17)15-8-6-14(3)7-9-15/h6-12H,4-5H2,1-3H3/b16-12+. The van der Waals surface area contributed by atoms with E-state index < -0.39 is 0 Å². The Labute approximate surface area is 136 Å². The molecule has 2 rings (SSSR count). The average molecular weight is 308 g/mol. The van der Waals surface area contributed by atoms with Crippen molar-refractivity contribution in [2.45, 2.75) is 20.8 Å². The Hall–Kier alpha value is -2.80. The predicted molar refractivity (Wildman–Crippen MR) is 90.4 cm³/mol. The highest BCUT2D eigenvalue weighted by Crippen LogP contribution is 2.24. The van der Waals surface area contributed by atoms with E-state index in [9.17, 15) is 10.1 Å². The molecule has 1 heterocycles. The maximum absolute atomic E-state index is 12.2. The van der Waals surface area contributed by atoms with Crippen molar-refractivity contribution in [3.05, 3.63) is 53.3 Å². The van der Waals surface area contributed by atoms with Gasteiger partial charge in [0.1, 0.15) is 23.2 Å². The number of hydrogen-bond acceptors (Lipinski definition) is 3. The first-order valence-corrected chi connectivity index (χ1v) is 7.67. The molecule has 1 aromatic carbocycles. The van der Waals surface area contributed by atoms with Crippen molar-refractivity contribution in [1.82, 2.24) is 4.90 Å². The zero-order chi connectivity index (χ0) is 16.8. The quantitative estimate of drug-likeness (QED) is 0.619. The Balaban J connectivity index is 2.27. The van der Waals surface area contributed by atoms with E-state index in [1.54, 1.807) is 11.0 Å². The molecule has 1 amide bonds. The molecule has 1 aromatic heterocycles. The number of likely N-dealkylation sites (N-methyl/N-ethyl adjacent to an activating group) is 1. The van der Waals surface area contributed by atoms with Crippen molar-refractivity contribution >= 4 is 12.0 Å². The van der Waals surface area contributed by atoms with Crippen molar-refractivity contribution in [3.63, 3.8) is 0 Å². The molecule has 0 unspecified atom stereocenters. The lowest BCUT2D eigenvalue weighted by Crippen LogP contribution is -2.31. The number of rotatable bonds is 5. The van der Waals surface area contributed by atoms with Gasteiger partial charge in [-0.15, -0.1) is 0 Å². The molecule has 0 N–H and O–H groups in total. The number of amides is 1. The maximum Gasteiger partial charge on any atom is 0.264 e. The normalized spacial score (nSPS) is 11.1. The zero-order valence-electron chi connectivity index (χ0n) is 13.7. The summed E-state index contributed by atoms with van der Waals surface area (Å²) >= 11 is 0. The van der Waals surface area contributed by atoms with E-state index in [2.05, 4.69) is 0 Å². The molecule has 4 heteroatoms. The van der Waals surface area contributed by atoms with Gasteiger partial charge in [0.25, 0.3) is 5.91 Å². The fourth-order valence-electron chi connectivity index (χ4n) is 2.27. The summed E-state index contributed by atoms with van der Waals surface area (Å²) in [7, 11) is 0. The van der Waals surface area contributed by atoms with Crippen LogP contribution in [0.25, 0.3) is 17.4 Å². The second kappa shape index (κ2) is 7.46. The Morgan fingerprint density at radius 1 is 1.17 bits per heavy atom. The van der Waals surface area contributed by atoms with Crippen LogP contribution >= 0.6 is 0 Å². The number of furan rings is 1. The largest absolute Gasteiger partial charge is 0.457 e. The SMILES string of the molecule is CCN(CC)C(=O)/C(C#N)=C/c1ccc(-c2ccc(C)cc2)o1. The van der Waals surface area contributed by atoms with Crippen LogP contribution in [-0.4, -0.2) is 23.9 Å². The molecule has 0 saturated carbocycles. The summed E-state index contributed by atoms with van der Waals surface area (Å²) < 4.78 is 5.74. The number of hydrogen-bond donors (Lipinski definition) is 0. The maximum atomic E-state index is 12.2. The van der Waals surface area contributed by atoms with Gasteiger partial charge < -0.3 is 9.32 Å². The molecule has 0 aliphatic heterocycles. The molecule has 0 aliphatic carbocycles. The monoisotopic (exact) mass is 308 g/mol.